The number of aromatic nitrogens is 1. The SMILES string of the molecule is NC(=O)c1ccc(S(=O)(=O)N2CCN(C(=O)c3cnc(-c4ccccc4F)s3)CC2)o1. The lowest BCUT2D eigenvalue weighted by atomic mass is 10.2. The molecule has 4 rings (SSSR count). The molecule has 3 aromatic rings. The van der Waals surface area contributed by atoms with Crippen molar-refractivity contribution in [3.8, 4) is 10.6 Å². The number of rotatable bonds is 5. The van der Waals surface area contributed by atoms with Gasteiger partial charge in [0.15, 0.2) is 5.76 Å². The zero-order chi connectivity index (χ0) is 22.2. The van der Waals surface area contributed by atoms with Crippen molar-refractivity contribution in [2.24, 2.45) is 5.73 Å². The third kappa shape index (κ3) is 4.09. The Bertz CT molecular complexity index is 1250. The number of piperazine rings is 1. The summed E-state index contributed by atoms with van der Waals surface area (Å²) in [7, 11) is -3.96. The monoisotopic (exact) mass is 464 g/mol. The van der Waals surface area contributed by atoms with Gasteiger partial charge in [0.1, 0.15) is 15.7 Å². The Labute approximate surface area is 180 Å². The van der Waals surface area contributed by atoms with Crippen LogP contribution in [0.1, 0.15) is 20.2 Å². The van der Waals surface area contributed by atoms with Gasteiger partial charge in [-0.3, -0.25) is 9.59 Å². The van der Waals surface area contributed by atoms with E-state index in [1.807, 2.05) is 0 Å². The van der Waals surface area contributed by atoms with Gasteiger partial charge < -0.3 is 15.1 Å². The van der Waals surface area contributed by atoms with Crippen molar-refractivity contribution in [2.75, 3.05) is 26.2 Å². The number of nitrogens with zero attached hydrogens (tertiary/aromatic N) is 3. The van der Waals surface area contributed by atoms with E-state index in [-0.39, 0.29) is 42.9 Å². The van der Waals surface area contributed by atoms with E-state index >= 15 is 0 Å². The molecule has 31 heavy (non-hydrogen) atoms. The van der Waals surface area contributed by atoms with Gasteiger partial charge >= 0.3 is 0 Å². The highest BCUT2D eigenvalue weighted by atomic mass is 32.2. The minimum atomic E-state index is -3.96. The van der Waals surface area contributed by atoms with Gasteiger partial charge in [-0.05, 0) is 24.3 Å². The molecule has 0 radical (unpaired) electrons. The fourth-order valence-electron chi connectivity index (χ4n) is 3.14. The molecule has 0 bridgehead atoms. The van der Waals surface area contributed by atoms with Crippen LogP contribution in [0.25, 0.3) is 10.6 Å². The molecular weight excluding hydrogens is 447 g/mol. The quantitative estimate of drug-likeness (QED) is 0.613. The highest BCUT2D eigenvalue weighted by Crippen LogP contribution is 2.28. The van der Waals surface area contributed by atoms with E-state index in [9.17, 15) is 22.4 Å². The fraction of sp³-hybridized carbons (Fsp3) is 0.211. The van der Waals surface area contributed by atoms with E-state index in [4.69, 9.17) is 10.2 Å². The standard InChI is InChI=1S/C19H17FN4O5S2/c20-13-4-2-1-3-12(13)18-22-11-15(30-18)19(26)23-7-9-24(10-8-23)31(27,28)16-6-5-14(29-16)17(21)25/h1-6,11H,7-10H2,(H2,21,25). The van der Waals surface area contributed by atoms with Crippen LogP contribution in [0, 0.1) is 5.82 Å². The predicted molar refractivity (Wildman–Crippen MR) is 109 cm³/mol. The van der Waals surface area contributed by atoms with Crippen LogP contribution in [0.2, 0.25) is 0 Å². The van der Waals surface area contributed by atoms with Gasteiger partial charge in [0.25, 0.3) is 21.8 Å². The lowest BCUT2D eigenvalue weighted by Crippen LogP contribution is -2.50. The average Bonchev–Trinajstić information content (AvgIpc) is 3.44. The summed E-state index contributed by atoms with van der Waals surface area (Å²) >= 11 is 1.08. The van der Waals surface area contributed by atoms with E-state index in [0.717, 1.165) is 11.3 Å². The summed E-state index contributed by atoms with van der Waals surface area (Å²) in [5, 5.41) is 0.0174. The van der Waals surface area contributed by atoms with E-state index in [1.54, 1.807) is 18.2 Å². The number of furan rings is 1. The van der Waals surface area contributed by atoms with E-state index in [1.165, 1.54) is 33.6 Å². The van der Waals surface area contributed by atoms with Crippen molar-refractivity contribution in [3.63, 3.8) is 0 Å². The normalized spacial score (nSPS) is 15.2. The number of hydrogen-bond acceptors (Lipinski definition) is 7. The highest BCUT2D eigenvalue weighted by molar-refractivity contribution is 7.89. The molecule has 2 amide bonds. The molecule has 3 heterocycles. The third-order valence-corrected chi connectivity index (χ3v) is 7.56. The molecular formula is C19H17FN4O5S2. The number of sulfonamides is 1. The van der Waals surface area contributed by atoms with Crippen LogP contribution in [-0.4, -0.2) is 60.6 Å². The first-order valence-corrected chi connectivity index (χ1v) is 11.4. The first-order valence-electron chi connectivity index (χ1n) is 9.17. The van der Waals surface area contributed by atoms with E-state index in [2.05, 4.69) is 4.98 Å². The summed E-state index contributed by atoms with van der Waals surface area (Å²) in [6, 6.07) is 8.55. The van der Waals surface area contributed by atoms with Crippen LogP contribution in [0.4, 0.5) is 4.39 Å². The Balaban J connectivity index is 1.43. The maximum Gasteiger partial charge on any atom is 0.284 e. The van der Waals surface area contributed by atoms with Gasteiger partial charge in [0.05, 0.1) is 6.20 Å². The zero-order valence-electron chi connectivity index (χ0n) is 16.0. The molecule has 162 valence electrons. The number of carbonyl (C=O) groups is 2. The molecule has 0 spiro atoms. The molecule has 1 saturated heterocycles. The topological polar surface area (TPSA) is 127 Å². The Morgan fingerprint density at radius 1 is 1.10 bits per heavy atom. The Hall–Kier alpha value is -3.09. The van der Waals surface area contributed by atoms with Crippen LogP contribution < -0.4 is 5.73 Å². The second kappa shape index (κ2) is 8.21. The summed E-state index contributed by atoms with van der Waals surface area (Å²) in [6.45, 7) is 0.433. The Morgan fingerprint density at radius 3 is 2.45 bits per heavy atom. The van der Waals surface area contributed by atoms with Crippen LogP contribution in [0.15, 0.2) is 52.1 Å². The van der Waals surface area contributed by atoms with Crippen molar-refractivity contribution in [1.29, 1.82) is 0 Å². The number of halogens is 1. The molecule has 2 aromatic heterocycles. The van der Waals surface area contributed by atoms with Crippen molar-refractivity contribution < 1.29 is 26.8 Å². The Morgan fingerprint density at radius 2 is 1.81 bits per heavy atom. The largest absolute Gasteiger partial charge is 0.438 e. The molecule has 0 aliphatic carbocycles. The molecule has 12 heteroatoms. The maximum atomic E-state index is 14.0. The van der Waals surface area contributed by atoms with Crippen LogP contribution >= 0.6 is 11.3 Å². The van der Waals surface area contributed by atoms with Crippen molar-refractivity contribution in [2.45, 2.75) is 5.09 Å². The highest BCUT2D eigenvalue weighted by Gasteiger charge is 2.33. The molecule has 1 fully saturated rings. The number of nitrogens with two attached hydrogens (primary N) is 1. The van der Waals surface area contributed by atoms with Crippen LogP contribution in [0.3, 0.4) is 0 Å². The number of primary amides is 1. The molecule has 1 aliphatic heterocycles. The number of carbonyl (C=O) groups excluding carboxylic acids is 2. The third-order valence-electron chi connectivity index (χ3n) is 4.76. The average molecular weight is 465 g/mol. The first-order chi connectivity index (χ1) is 14.8. The molecule has 1 aromatic carbocycles. The Kier molecular flexibility index (Phi) is 5.60. The minimum absolute atomic E-state index is 0.0552. The van der Waals surface area contributed by atoms with Crippen molar-refractivity contribution in [1.82, 2.24) is 14.2 Å². The van der Waals surface area contributed by atoms with Crippen molar-refractivity contribution in [3.05, 3.63) is 59.0 Å². The maximum absolute atomic E-state index is 14.0. The van der Waals surface area contributed by atoms with Gasteiger partial charge in [0.2, 0.25) is 5.09 Å². The molecule has 0 unspecified atom stereocenters. The van der Waals surface area contributed by atoms with Crippen LogP contribution in [-0.2, 0) is 10.0 Å². The number of amides is 2. The molecule has 0 atom stereocenters. The number of hydrogen-bond donors (Lipinski definition) is 1. The van der Waals surface area contributed by atoms with E-state index < -0.39 is 21.7 Å². The van der Waals surface area contributed by atoms with Gasteiger partial charge in [0, 0.05) is 31.7 Å². The summed E-state index contributed by atoms with van der Waals surface area (Å²) in [6.07, 6.45) is 1.39. The predicted octanol–water partition coefficient (Wildman–Crippen LogP) is 1.79. The second-order valence-corrected chi connectivity index (χ2v) is 9.59. The zero-order valence-corrected chi connectivity index (χ0v) is 17.7. The molecule has 2 N–H and O–H groups in total. The van der Waals surface area contributed by atoms with Gasteiger partial charge in [-0.1, -0.05) is 12.1 Å². The number of benzene rings is 1. The van der Waals surface area contributed by atoms with E-state index in [0.29, 0.717) is 15.4 Å². The minimum Gasteiger partial charge on any atom is -0.438 e. The van der Waals surface area contributed by atoms with Gasteiger partial charge in [-0.25, -0.2) is 17.8 Å². The van der Waals surface area contributed by atoms with Crippen LogP contribution in [0.5, 0.6) is 0 Å². The fourth-order valence-corrected chi connectivity index (χ4v) is 5.38. The summed E-state index contributed by atoms with van der Waals surface area (Å²) in [5.74, 6) is -1.84. The summed E-state index contributed by atoms with van der Waals surface area (Å²) < 4.78 is 45.6. The first kappa shape index (κ1) is 21.2. The van der Waals surface area contributed by atoms with Crippen molar-refractivity contribution >= 4 is 33.2 Å². The molecule has 9 nitrogen and oxygen atoms in total. The van der Waals surface area contributed by atoms with Gasteiger partial charge in [-0.15, -0.1) is 11.3 Å². The lowest BCUT2D eigenvalue weighted by Gasteiger charge is -2.33. The lowest BCUT2D eigenvalue weighted by molar-refractivity contribution is 0.0701. The smallest absolute Gasteiger partial charge is 0.284 e. The molecule has 1 aliphatic rings. The number of thiazole rings is 1. The summed E-state index contributed by atoms with van der Waals surface area (Å²) in [4.78, 5) is 29.9. The van der Waals surface area contributed by atoms with Gasteiger partial charge in [-0.2, -0.15) is 4.31 Å². The summed E-state index contributed by atoms with van der Waals surface area (Å²) in [5.41, 5.74) is 5.41. The second-order valence-electron chi connectivity index (χ2n) is 6.69. The molecule has 0 saturated carbocycles.